The molecule has 2 rings (SSSR count). The largest absolute Gasteiger partial charge is 0.310 e. The van der Waals surface area contributed by atoms with Gasteiger partial charge in [0.1, 0.15) is 5.15 Å². The summed E-state index contributed by atoms with van der Waals surface area (Å²) >= 11 is 17.7. The Morgan fingerprint density at radius 2 is 2.08 bits per heavy atom. The van der Waals surface area contributed by atoms with Gasteiger partial charge in [0.15, 0.2) is 0 Å². The van der Waals surface area contributed by atoms with Gasteiger partial charge in [0.25, 0.3) is 0 Å². The van der Waals surface area contributed by atoms with Crippen LogP contribution in [0, 0.1) is 0 Å². The van der Waals surface area contributed by atoms with Crippen molar-refractivity contribution in [2.75, 3.05) is 6.54 Å². The van der Waals surface area contributed by atoms with E-state index < -0.39 is 0 Å². The standard InChI is InChI=1S/C8H7Cl3N2/c9-4-3-13-8(11)7(10)6(4)5-1-2-12-5/h3,5,12H,1-2H2. The fourth-order valence-electron chi connectivity index (χ4n) is 1.31. The molecule has 1 aliphatic heterocycles. The van der Waals surface area contributed by atoms with Crippen molar-refractivity contribution >= 4 is 34.8 Å². The fraction of sp³-hybridized carbons (Fsp3) is 0.375. The summed E-state index contributed by atoms with van der Waals surface area (Å²) < 4.78 is 0. The lowest BCUT2D eigenvalue weighted by Gasteiger charge is -2.29. The van der Waals surface area contributed by atoms with Gasteiger partial charge in [-0.05, 0) is 13.0 Å². The van der Waals surface area contributed by atoms with Crippen molar-refractivity contribution in [1.29, 1.82) is 0 Å². The fourth-order valence-corrected chi connectivity index (χ4v) is 2.07. The van der Waals surface area contributed by atoms with E-state index in [1.54, 1.807) is 0 Å². The molecule has 2 heterocycles. The van der Waals surface area contributed by atoms with Crippen molar-refractivity contribution in [3.63, 3.8) is 0 Å². The Hall–Kier alpha value is -0.0200. The minimum Gasteiger partial charge on any atom is -0.310 e. The van der Waals surface area contributed by atoms with Crippen molar-refractivity contribution in [2.24, 2.45) is 0 Å². The molecule has 0 bridgehead atoms. The zero-order chi connectivity index (χ0) is 9.42. The molecule has 1 atom stereocenters. The molecule has 0 amide bonds. The van der Waals surface area contributed by atoms with E-state index in [0.717, 1.165) is 18.5 Å². The summed E-state index contributed by atoms with van der Waals surface area (Å²) in [6.45, 7) is 0.997. The van der Waals surface area contributed by atoms with Gasteiger partial charge in [-0.15, -0.1) is 0 Å². The number of aromatic nitrogens is 1. The van der Waals surface area contributed by atoms with Gasteiger partial charge in [0.05, 0.1) is 10.0 Å². The topological polar surface area (TPSA) is 24.9 Å². The first kappa shape index (κ1) is 9.53. The van der Waals surface area contributed by atoms with Crippen LogP contribution in [0.4, 0.5) is 0 Å². The van der Waals surface area contributed by atoms with E-state index in [0.29, 0.717) is 15.2 Å². The summed E-state index contributed by atoms with van der Waals surface area (Å²) in [4.78, 5) is 3.85. The van der Waals surface area contributed by atoms with E-state index in [2.05, 4.69) is 10.3 Å². The van der Waals surface area contributed by atoms with Gasteiger partial charge in [-0.25, -0.2) is 4.98 Å². The van der Waals surface area contributed by atoms with Gasteiger partial charge in [-0.1, -0.05) is 34.8 Å². The summed E-state index contributed by atoms with van der Waals surface area (Å²) in [6.07, 6.45) is 2.57. The third-order valence-electron chi connectivity index (χ3n) is 2.14. The van der Waals surface area contributed by atoms with E-state index in [9.17, 15) is 0 Å². The van der Waals surface area contributed by atoms with Crippen LogP contribution >= 0.6 is 34.8 Å². The molecule has 1 N–H and O–H groups in total. The first-order valence-electron chi connectivity index (χ1n) is 3.93. The molecule has 1 aromatic heterocycles. The van der Waals surface area contributed by atoms with Gasteiger partial charge in [0.2, 0.25) is 0 Å². The molecule has 13 heavy (non-hydrogen) atoms. The Morgan fingerprint density at radius 3 is 2.62 bits per heavy atom. The normalized spacial score (nSPS) is 21.3. The molecule has 0 aromatic carbocycles. The third kappa shape index (κ3) is 1.64. The molecule has 70 valence electrons. The number of nitrogens with one attached hydrogen (secondary N) is 1. The molecular weight excluding hydrogens is 230 g/mol. The van der Waals surface area contributed by atoms with Crippen molar-refractivity contribution in [1.82, 2.24) is 10.3 Å². The van der Waals surface area contributed by atoms with Crippen LogP contribution < -0.4 is 5.32 Å². The smallest absolute Gasteiger partial charge is 0.148 e. The average molecular weight is 238 g/mol. The summed E-state index contributed by atoms with van der Waals surface area (Å²) in [5.41, 5.74) is 0.870. The van der Waals surface area contributed by atoms with Crippen molar-refractivity contribution in [2.45, 2.75) is 12.5 Å². The number of rotatable bonds is 1. The Labute approximate surface area is 91.2 Å². The van der Waals surface area contributed by atoms with E-state index in [1.165, 1.54) is 6.20 Å². The molecule has 2 nitrogen and oxygen atoms in total. The van der Waals surface area contributed by atoms with Gasteiger partial charge in [0, 0.05) is 17.8 Å². The summed E-state index contributed by atoms with van der Waals surface area (Å²) in [5.74, 6) is 0. The maximum absolute atomic E-state index is 5.99. The number of nitrogens with zero attached hydrogens (tertiary/aromatic N) is 1. The highest BCUT2D eigenvalue weighted by atomic mass is 35.5. The van der Waals surface area contributed by atoms with Crippen LogP contribution in [-0.4, -0.2) is 11.5 Å². The van der Waals surface area contributed by atoms with E-state index in [4.69, 9.17) is 34.8 Å². The number of hydrogen-bond acceptors (Lipinski definition) is 2. The second-order valence-electron chi connectivity index (χ2n) is 2.92. The van der Waals surface area contributed by atoms with Crippen LogP contribution in [0.25, 0.3) is 0 Å². The van der Waals surface area contributed by atoms with Crippen LogP contribution in [0.15, 0.2) is 6.20 Å². The van der Waals surface area contributed by atoms with Gasteiger partial charge in [-0.2, -0.15) is 0 Å². The molecule has 0 radical (unpaired) electrons. The third-order valence-corrected chi connectivity index (χ3v) is 3.21. The second kappa shape index (κ2) is 3.62. The Balaban J connectivity index is 2.46. The molecule has 1 aliphatic rings. The molecular formula is C8H7Cl3N2. The first-order valence-corrected chi connectivity index (χ1v) is 5.06. The second-order valence-corrected chi connectivity index (χ2v) is 4.06. The molecule has 0 spiro atoms. The van der Waals surface area contributed by atoms with Gasteiger partial charge in [-0.3, -0.25) is 0 Å². The molecule has 0 saturated carbocycles. The maximum Gasteiger partial charge on any atom is 0.148 e. The summed E-state index contributed by atoms with van der Waals surface area (Å²) in [5, 5.41) is 4.57. The lowest BCUT2D eigenvalue weighted by molar-refractivity contribution is 0.383. The molecule has 1 saturated heterocycles. The Morgan fingerprint density at radius 1 is 1.38 bits per heavy atom. The zero-order valence-corrected chi connectivity index (χ0v) is 8.92. The lowest BCUT2D eigenvalue weighted by Crippen LogP contribution is -2.35. The van der Waals surface area contributed by atoms with Gasteiger partial charge >= 0.3 is 0 Å². The van der Waals surface area contributed by atoms with Crippen LogP contribution in [-0.2, 0) is 0 Å². The average Bonchev–Trinajstić information content (AvgIpc) is 2.02. The van der Waals surface area contributed by atoms with Crippen LogP contribution in [0.5, 0.6) is 0 Å². The number of hydrogen-bond donors (Lipinski definition) is 1. The lowest BCUT2D eigenvalue weighted by atomic mass is 9.99. The van der Waals surface area contributed by atoms with E-state index >= 15 is 0 Å². The molecule has 1 unspecified atom stereocenters. The monoisotopic (exact) mass is 236 g/mol. The minimum absolute atomic E-state index is 0.237. The zero-order valence-electron chi connectivity index (χ0n) is 6.65. The van der Waals surface area contributed by atoms with Crippen LogP contribution in [0.2, 0.25) is 15.2 Å². The quantitative estimate of drug-likeness (QED) is 0.759. The molecule has 5 heteroatoms. The number of halogens is 3. The number of pyridine rings is 1. The van der Waals surface area contributed by atoms with Crippen LogP contribution in [0.3, 0.4) is 0 Å². The van der Waals surface area contributed by atoms with Crippen molar-refractivity contribution in [3.8, 4) is 0 Å². The highest BCUT2D eigenvalue weighted by Crippen LogP contribution is 2.37. The predicted molar refractivity (Wildman–Crippen MR) is 54.6 cm³/mol. The Bertz CT molecular complexity index is 336. The minimum atomic E-state index is 0.237. The SMILES string of the molecule is Clc1cnc(Cl)c(Cl)c1C1CCN1. The Kier molecular flexibility index (Phi) is 2.65. The highest BCUT2D eigenvalue weighted by molar-refractivity contribution is 6.43. The highest BCUT2D eigenvalue weighted by Gasteiger charge is 2.25. The molecule has 0 aliphatic carbocycles. The van der Waals surface area contributed by atoms with Crippen molar-refractivity contribution in [3.05, 3.63) is 27.0 Å². The summed E-state index contributed by atoms with van der Waals surface area (Å²) in [6, 6.07) is 0.237. The summed E-state index contributed by atoms with van der Waals surface area (Å²) in [7, 11) is 0. The van der Waals surface area contributed by atoms with Crippen LogP contribution in [0.1, 0.15) is 18.0 Å². The predicted octanol–water partition coefficient (Wildman–Crippen LogP) is 3.08. The van der Waals surface area contributed by atoms with Gasteiger partial charge < -0.3 is 5.32 Å². The van der Waals surface area contributed by atoms with E-state index in [1.807, 2.05) is 0 Å². The van der Waals surface area contributed by atoms with Crippen molar-refractivity contribution < 1.29 is 0 Å². The first-order chi connectivity index (χ1) is 6.20. The van der Waals surface area contributed by atoms with E-state index in [-0.39, 0.29) is 6.04 Å². The molecule has 1 fully saturated rings. The molecule has 1 aromatic rings. The maximum atomic E-state index is 5.99.